The number of hydrogen-bond donors (Lipinski definition) is 3. The summed E-state index contributed by atoms with van der Waals surface area (Å²) in [7, 11) is 1.56. The molecule has 1 fully saturated rings. The summed E-state index contributed by atoms with van der Waals surface area (Å²) in [6, 6.07) is 21.0. The third-order valence-corrected chi connectivity index (χ3v) is 6.72. The monoisotopic (exact) mass is 539 g/mol. The van der Waals surface area contributed by atoms with E-state index in [1.807, 2.05) is 68.4 Å². The summed E-state index contributed by atoms with van der Waals surface area (Å²) in [4.78, 5) is 22.4. The van der Waals surface area contributed by atoms with Gasteiger partial charge < -0.3 is 30.2 Å². The Hall–Kier alpha value is -4.63. The number of amides is 1. The minimum atomic E-state index is -0.382. The molecule has 1 saturated heterocycles. The standard InChI is InChI=1S/C31H33N5O4/c1-20-8-6-9-21(2)28(20)35-29(37)25-18-33-31(36-30(25)40-27-12-5-4-11-26(27)38-3)34-22-13-15-24(16-14-22)39-19-23-10-7-17-32-23/h4-6,8-9,11-16,18,23,32H,7,10,17,19H2,1-3H3,(H,35,37)(H,33,34,36)/t23-/m0/s1. The topological polar surface area (TPSA) is 107 Å². The summed E-state index contributed by atoms with van der Waals surface area (Å²) in [6.45, 7) is 5.58. The Kier molecular flexibility index (Phi) is 8.41. The summed E-state index contributed by atoms with van der Waals surface area (Å²) in [5, 5.41) is 9.60. The first-order valence-corrected chi connectivity index (χ1v) is 13.3. The van der Waals surface area contributed by atoms with Crippen LogP contribution in [-0.2, 0) is 0 Å². The maximum atomic E-state index is 13.4. The van der Waals surface area contributed by atoms with Gasteiger partial charge in [-0.05, 0) is 80.8 Å². The number of nitrogens with one attached hydrogen (secondary N) is 3. The maximum absolute atomic E-state index is 13.4. The van der Waals surface area contributed by atoms with Gasteiger partial charge in [0.05, 0.1) is 7.11 Å². The second-order valence-electron chi connectivity index (χ2n) is 9.64. The number of hydrogen-bond acceptors (Lipinski definition) is 8. The highest BCUT2D eigenvalue weighted by Crippen LogP contribution is 2.33. The number of anilines is 3. The molecule has 3 aromatic carbocycles. The van der Waals surface area contributed by atoms with E-state index in [0.717, 1.165) is 41.2 Å². The summed E-state index contributed by atoms with van der Waals surface area (Å²) in [6.07, 6.45) is 3.77. The Labute approximate surface area is 233 Å². The highest BCUT2D eigenvalue weighted by Gasteiger charge is 2.20. The lowest BCUT2D eigenvalue weighted by Gasteiger charge is -2.15. The van der Waals surface area contributed by atoms with Crippen molar-refractivity contribution in [3.8, 4) is 23.1 Å². The van der Waals surface area contributed by atoms with Gasteiger partial charge in [0, 0.05) is 23.6 Å². The van der Waals surface area contributed by atoms with E-state index < -0.39 is 0 Å². The molecule has 4 aromatic rings. The zero-order valence-corrected chi connectivity index (χ0v) is 22.9. The second-order valence-corrected chi connectivity index (χ2v) is 9.64. The minimum absolute atomic E-state index is 0.0924. The van der Waals surface area contributed by atoms with Crippen LogP contribution in [0, 0.1) is 13.8 Å². The van der Waals surface area contributed by atoms with Crippen LogP contribution >= 0.6 is 0 Å². The van der Waals surface area contributed by atoms with Crippen molar-refractivity contribution in [3.63, 3.8) is 0 Å². The predicted octanol–water partition coefficient (Wildman–Crippen LogP) is 6.02. The lowest BCUT2D eigenvalue weighted by Crippen LogP contribution is -2.28. The smallest absolute Gasteiger partial charge is 0.262 e. The number of aryl methyl sites for hydroxylation is 2. The fourth-order valence-electron chi connectivity index (χ4n) is 4.52. The van der Waals surface area contributed by atoms with E-state index in [0.29, 0.717) is 24.1 Å². The molecule has 3 N–H and O–H groups in total. The van der Waals surface area contributed by atoms with Crippen molar-refractivity contribution in [2.24, 2.45) is 0 Å². The highest BCUT2D eigenvalue weighted by atomic mass is 16.5. The molecule has 1 amide bonds. The first kappa shape index (κ1) is 27.0. The van der Waals surface area contributed by atoms with E-state index in [9.17, 15) is 4.79 Å². The molecule has 1 aromatic heterocycles. The lowest BCUT2D eigenvalue weighted by atomic mass is 10.1. The number of carbonyl (C=O) groups excluding carboxylic acids is 1. The molecule has 0 saturated carbocycles. The number of nitrogens with zero attached hydrogens (tertiary/aromatic N) is 2. The van der Waals surface area contributed by atoms with Gasteiger partial charge in [0.1, 0.15) is 17.9 Å². The molecular weight excluding hydrogens is 506 g/mol. The van der Waals surface area contributed by atoms with E-state index in [-0.39, 0.29) is 23.3 Å². The molecule has 0 unspecified atom stereocenters. The number of ether oxygens (including phenoxy) is 3. The number of aromatic nitrogens is 2. The van der Waals surface area contributed by atoms with Gasteiger partial charge in [-0.2, -0.15) is 4.98 Å². The van der Waals surface area contributed by atoms with Gasteiger partial charge in [-0.1, -0.05) is 30.3 Å². The van der Waals surface area contributed by atoms with E-state index in [1.54, 1.807) is 19.2 Å². The molecule has 1 aliphatic rings. The molecule has 40 heavy (non-hydrogen) atoms. The van der Waals surface area contributed by atoms with Crippen LogP contribution in [0.1, 0.15) is 34.3 Å². The number of carbonyl (C=O) groups is 1. The average molecular weight is 540 g/mol. The molecule has 5 rings (SSSR count). The third kappa shape index (κ3) is 6.50. The van der Waals surface area contributed by atoms with Crippen LogP contribution in [0.25, 0.3) is 0 Å². The fraction of sp³-hybridized carbons (Fsp3) is 0.258. The van der Waals surface area contributed by atoms with Crippen molar-refractivity contribution in [1.82, 2.24) is 15.3 Å². The Morgan fingerprint density at radius 1 is 1.00 bits per heavy atom. The molecule has 0 spiro atoms. The minimum Gasteiger partial charge on any atom is -0.493 e. The molecule has 9 heteroatoms. The fourth-order valence-corrected chi connectivity index (χ4v) is 4.52. The van der Waals surface area contributed by atoms with Gasteiger partial charge in [0.2, 0.25) is 11.8 Å². The predicted molar refractivity (Wildman–Crippen MR) is 155 cm³/mol. The van der Waals surface area contributed by atoms with E-state index >= 15 is 0 Å². The van der Waals surface area contributed by atoms with Gasteiger partial charge >= 0.3 is 0 Å². The quantitative estimate of drug-likeness (QED) is 0.225. The maximum Gasteiger partial charge on any atom is 0.262 e. The zero-order valence-electron chi connectivity index (χ0n) is 22.9. The molecule has 0 radical (unpaired) electrons. The van der Waals surface area contributed by atoms with Crippen molar-refractivity contribution >= 4 is 23.2 Å². The first-order valence-electron chi connectivity index (χ1n) is 13.3. The third-order valence-electron chi connectivity index (χ3n) is 6.72. The molecule has 0 aliphatic carbocycles. The van der Waals surface area contributed by atoms with Crippen molar-refractivity contribution in [2.75, 3.05) is 30.9 Å². The number of rotatable bonds is 10. The highest BCUT2D eigenvalue weighted by molar-refractivity contribution is 6.06. The van der Waals surface area contributed by atoms with Crippen molar-refractivity contribution in [3.05, 3.63) is 89.6 Å². The Balaban J connectivity index is 1.37. The van der Waals surface area contributed by atoms with E-state index in [4.69, 9.17) is 14.2 Å². The number of benzene rings is 3. The second kappa shape index (κ2) is 12.5. The van der Waals surface area contributed by atoms with Gasteiger partial charge in [-0.15, -0.1) is 0 Å². The molecule has 9 nitrogen and oxygen atoms in total. The summed E-state index contributed by atoms with van der Waals surface area (Å²) < 4.78 is 17.5. The summed E-state index contributed by atoms with van der Waals surface area (Å²) in [5.74, 6) is 1.72. The molecule has 1 atom stereocenters. The number of methoxy groups -OCH3 is 1. The first-order chi connectivity index (χ1) is 19.5. The molecule has 1 aliphatic heterocycles. The van der Waals surface area contributed by atoms with Crippen LogP contribution in [0.2, 0.25) is 0 Å². The Bertz CT molecular complexity index is 1450. The zero-order chi connectivity index (χ0) is 27.9. The van der Waals surface area contributed by atoms with Crippen LogP contribution in [0.15, 0.2) is 72.9 Å². The molecular formula is C31H33N5O4. The Morgan fingerprint density at radius 2 is 1.75 bits per heavy atom. The molecule has 0 bridgehead atoms. The van der Waals surface area contributed by atoms with Gasteiger partial charge in [0.15, 0.2) is 11.5 Å². The van der Waals surface area contributed by atoms with Crippen LogP contribution < -0.4 is 30.2 Å². The average Bonchev–Trinajstić information content (AvgIpc) is 3.49. The molecule has 206 valence electrons. The van der Waals surface area contributed by atoms with Crippen molar-refractivity contribution in [1.29, 1.82) is 0 Å². The van der Waals surface area contributed by atoms with Crippen molar-refractivity contribution < 1.29 is 19.0 Å². The van der Waals surface area contributed by atoms with E-state index in [2.05, 4.69) is 25.9 Å². The summed E-state index contributed by atoms with van der Waals surface area (Å²) >= 11 is 0. The largest absolute Gasteiger partial charge is 0.493 e. The summed E-state index contributed by atoms with van der Waals surface area (Å²) in [5.41, 5.74) is 3.59. The van der Waals surface area contributed by atoms with Gasteiger partial charge in [0.25, 0.3) is 5.91 Å². The normalized spacial score (nSPS) is 14.4. The van der Waals surface area contributed by atoms with Crippen LogP contribution in [0.5, 0.6) is 23.1 Å². The van der Waals surface area contributed by atoms with Crippen molar-refractivity contribution in [2.45, 2.75) is 32.7 Å². The van der Waals surface area contributed by atoms with Crippen LogP contribution in [0.3, 0.4) is 0 Å². The number of para-hydroxylation sites is 3. The SMILES string of the molecule is COc1ccccc1Oc1nc(Nc2ccc(OC[C@@H]3CCCN3)cc2)ncc1C(=O)Nc1c(C)cccc1C. The Morgan fingerprint density at radius 3 is 2.45 bits per heavy atom. The van der Waals surface area contributed by atoms with Crippen LogP contribution in [0.4, 0.5) is 17.3 Å². The van der Waals surface area contributed by atoms with E-state index in [1.165, 1.54) is 12.6 Å². The lowest BCUT2D eigenvalue weighted by molar-refractivity contribution is 0.102. The van der Waals surface area contributed by atoms with Gasteiger partial charge in [-0.25, -0.2) is 4.98 Å². The van der Waals surface area contributed by atoms with Gasteiger partial charge in [-0.3, -0.25) is 4.79 Å². The van der Waals surface area contributed by atoms with Crippen LogP contribution in [-0.4, -0.2) is 42.2 Å². The molecule has 2 heterocycles.